The minimum atomic E-state index is -1.24. The van der Waals surface area contributed by atoms with Gasteiger partial charge in [-0.3, -0.25) is 4.90 Å². The molecule has 0 bridgehead atoms. The Morgan fingerprint density at radius 1 is 1.00 bits per heavy atom. The molecule has 1 aliphatic rings. The molecular weight excluding hydrogens is 326 g/mol. The monoisotopic (exact) mass is 353 g/mol. The van der Waals surface area contributed by atoms with Crippen LogP contribution in [0.3, 0.4) is 0 Å². The van der Waals surface area contributed by atoms with Crippen molar-refractivity contribution in [2.45, 2.75) is 45.3 Å². The second-order valence-corrected chi connectivity index (χ2v) is 7.48. The first-order valence-corrected chi connectivity index (χ1v) is 9.24. The van der Waals surface area contributed by atoms with E-state index in [-0.39, 0.29) is 0 Å². The van der Waals surface area contributed by atoms with Crippen LogP contribution in [0.5, 0.6) is 5.75 Å². The number of carboxylic acid groups (broad SMARTS) is 1. The fourth-order valence-corrected chi connectivity index (χ4v) is 3.35. The van der Waals surface area contributed by atoms with Crippen LogP contribution in [-0.4, -0.2) is 34.7 Å². The van der Waals surface area contributed by atoms with Crippen molar-refractivity contribution in [3.63, 3.8) is 0 Å². The Bertz CT molecular complexity index is 744. The number of carbonyl (C=O) groups is 1. The van der Waals surface area contributed by atoms with Gasteiger partial charge in [0.2, 0.25) is 0 Å². The molecule has 1 saturated heterocycles. The Hall–Kier alpha value is -2.33. The number of carboxylic acids is 1. The molecule has 0 amide bonds. The number of likely N-dealkylation sites (tertiary alicyclic amines) is 1. The highest BCUT2D eigenvalue weighted by Crippen LogP contribution is 2.28. The summed E-state index contributed by atoms with van der Waals surface area (Å²) in [6.07, 6.45) is 2.60. The van der Waals surface area contributed by atoms with Gasteiger partial charge in [-0.25, -0.2) is 4.79 Å². The molecule has 1 fully saturated rings. The van der Waals surface area contributed by atoms with E-state index in [0.717, 1.165) is 11.1 Å². The molecule has 4 nitrogen and oxygen atoms in total. The standard InChI is InChI=1S/C22H27NO3/c1-16(23-14-4-5-15-23)17-6-8-18(9-7-17)19-10-12-20(13-11-19)26-22(2,3)21(24)25/h6-13,16H,4-5,14-15H2,1-3H3,(H,24,25)/t16-/m0/s1. The fraction of sp³-hybridized carbons (Fsp3) is 0.409. The van der Waals surface area contributed by atoms with E-state index in [9.17, 15) is 4.79 Å². The highest BCUT2D eigenvalue weighted by atomic mass is 16.5. The number of nitrogens with zero attached hydrogens (tertiary/aromatic N) is 1. The highest BCUT2D eigenvalue weighted by molar-refractivity contribution is 5.76. The van der Waals surface area contributed by atoms with E-state index in [4.69, 9.17) is 9.84 Å². The number of ether oxygens (including phenoxy) is 1. The molecule has 3 rings (SSSR count). The van der Waals surface area contributed by atoms with Gasteiger partial charge in [-0.1, -0.05) is 36.4 Å². The lowest BCUT2D eigenvalue weighted by Crippen LogP contribution is -2.37. The van der Waals surface area contributed by atoms with E-state index in [2.05, 4.69) is 36.1 Å². The summed E-state index contributed by atoms with van der Waals surface area (Å²) >= 11 is 0. The predicted molar refractivity (Wildman–Crippen MR) is 103 cm³/mol. The lowest BCUT2D eigenvalue weighted by Gasteiger charge is -2.24. The van der Waals surface area contributed by atoms with E-state index in [1.165, 1.54) is 31.5 Å². The summed E-state index contributed by atoms with van der Waals surface area (Å²) < 4.78 is 5.56. The molecule has 0 radical (unpaired) electrons. The van der Waals surface area contributed by atoms with Crippen molar-refractivity contribution in [3.8, 4) is 16.9 Å². The van der Waals surface area contributed by atoms with Crippen molar-refractivity contribution in [2.24, 2.45) is 0 Å². The van der Waals surface area contributed by atoms with Gasteiger partial charge in [0.05, 0.1) is 0 Å². The maximum Gasteiger partial charge on any atom is 0.347 e. The van der Waals surface area contributed by atoms with Crippen molar-refractivity contribution >= 4 is 5.97 Å². The fourth-order valence-electron chi connectivity index (χ4n) is 3.35. The van der Waals surface area contributed by atoms with Gasteiger partial charge >= 0.3 is 5.97 Å². The number of rotatable bonds is 6. The van der Waals surface area contributed by atoms with Crippen LogP contribution in [0.15, 0.2) is 48.5 Å². The number of benzene rings is 2. The second kappa shape index (κ2) is 7.50. The Labute approximate surface area is 155 Å². The van der Waals surface area contributed by atoms with E-state index in [1.54, 1.807) is 13.8 Å². The Kier molecular flexibility index (Phi) is 5.33. The van der Waals surface area contributed by atoms with Crippen LogP contribution >= 0.6 is 0 Å². The Morgan fingerprint density at radius 3 is 2.00 bits per heavy atom. The van der Waals surface area contributed by atoms with Crippen LogP contribution in [-0.2, 0) is 4.79 Å². The van der Waals surface area contributed by atoms with E-state index < -0.39 is 11.6 Å². The topological polar surface area (TPSA) is 49.8 Å². The molecule has 0 spiro atoms. The first kappa shape index (κ1) is 18.5. The third-order valence-corrected chi connectivity index (χ3v) is 5.16. The Balaban J connectivity index is 1.70. The van der Waals surface area contributed by atoms with Crippen LogP contribution in [0, 0.1) is 0 Å². The van der Waals surface area contributed by atoms with Gasteiger partial charge < -0.3 is 9.84 Å². The van der Waals surface area contributed by atoms with Gasteiger partial charge in [0, 0.05) is 6.04 Å². The van der Waals surface area contributed by atoms with Gasteiger partial charge in [0.1, 0.15) is 5.75 Å². The average molecular weight is 353 g/mol. The van der Waals surface area contributed by atoms with Crippen LogP contribution in [0.2, 0.25) is 0 Å². The lowest BCUT2D eigenvalue weighted by molar-refractivity contribution is -0.152. The van der Waals surface area contributed by atoms with Crippen LogP contribution in [0.4, 0.5) is 0 Å². The van der Waals surface area contributed by atoms with Crippen LogP contribution in [0.25, 0.3) is 11.1 Å². The summed E-state index contributed by atoms with van der Waals surface area (Å²) in [4.78, 5) is 13.7. The molecule has 0 aromatic heterocycles. The zero-order chi connectivity index (χ0) is 18.7. The molecule has 1 atom stereocenters. The van der Waals surface area contributed by atoms with Crippen molar-refractivity contribution in [2.75, 3.05) is 13.1 Å². The third-order valence-electron chi connectivity index (χ3n) is 5.16. The first-order valence-electron chi connectivity index (χ1n) is 9.24. The maximum atomic E-state index is 11.2. The molecular formula is C22H27NO3. The van der Waals surface area contributed by atoms with Crippen molar-refractivity contribution < 1.29 is 14.6 Å². The van der Waals surface area contributed by atoms with Gasteiger partial charge in [0.25, 0.3) is 0 Å². The van der Waals surface area contributed by atoms with Gasteiger partial charge in [-0.05, 0) is 75.5 Å². The first-order chi connectivity index (χ1) is 12.4. The smallest absolute Gasteiger partial charge is 0.347 e. The third kappa shape index (κ3) is 4.07. The van der Waals surface area contributed by atoms with Gasteiger partial charge in [-0.15, -0.1) is 0 Å². The molecule has 4 heteroatoms. The molecule has 26 heavy (non-hydrogen) atoms. The lowest BCUT2D eigenvalue weighted by atomic mass is 10.0. The van der Waals surface area contributed by atoms with Crippen LogP contribution < -0.4 is 4.74 Å². The predicted octanol–water partition coefficient (Wildman–Crippen LogP) is 4.75. The number of hydrogen-bond acceptors (Lipinski definition) is 3. The molecule has 0 aliphatic carbocycles. The van der Waals surface area contributed by atoms with Crippen molar-refractivity contribution in [1.82, 2.24) is 4.90 Å². The van der Waals surface area contributed by atoms with E-state index >= 15 is 0 Å². The average Bonchev–Trinajstić information content (AvgIpc) is 3.16. The second-order valence-electron chi connectivity index (χ2n) is 7.48. The molecule has 0 unspecified atom stereocenters. The van der Waals surface area contributed by atoms with Gasteiger partial charge in [-0.2, -0.15) is 0 Å². The number of aliphatic carboxylic acids is 1. The number of hydrogen-bond donors (Lipinski definition) is 1. The summed E-state index contributed by atoms with van der Waals surface area (Å²) in [7, 11) is 0. The van der Waals surface area contributed by atoms with Crippen LogP contribution in [0.1, 0.15) is 45.2 Å². The summed E-state index contributed by atoms with van der Waals surface area (Å²) in [6.45, 7) is 7.75. The normalized spacial score (nSPS) is 16.4. The summed E-state index contributed by atoms with van der Waals surface area (Å²) in [6, 6.07) is 16.7. The largest absolute Gasteiger partial charge is 0.478 e. The zero-order valence-corrected chi connectivity index (χ0v) is 15.7. The van der Waals surface area contributed by atoms with E-state index in [0.29, 0.717) is 11.8 Å². The van der Waals surface area contributed by atoms with Crippen molar-refractivity contribution in [3.05, 3.63) is 54.1 Å². The highest BCUT2D eigenvalue weighted by Gasteiger charge is 2.29. The Morgan fingerprint density at radius 2 is 1.50 bits per heavy atom. The molecule has 1 aliphatic heterocycles. The summed E-state index contributed by atoms with van der Waals surface area (Å²) in [5.41, 5.74) is 2.34. The molecule has 2 aromatic rings. The van der Waals surface area contributed by atoms with Crippen molar-refractivity contribution in [1.29, 1.82) is 0 Å². The summed E-state index contributed by atoms with van der Waals surface area (Å²) in [5.74, 6) is -0.426. The molecule has 138 valence electrons. The minimum absolute atomic E-state index is 0.459. The minimum Gasteiger partial charge on any atom is -0.478 e. The van der Waals surface area contributed by atoms with Gasteiger partial charge in [0.15, 0.2) is 5.60 Å². The molecule has 1 heterocycles. The maximum absolute atomic E-state index is 11.2. The van der Waals surface area contributed by atoms with E-state index in [1.807, 2.05) is 24.3 Å². The molecule has 2 aromatic carbocycles. The zero-order valence-electron chi connectivity index (χ0n) is 15.7. The molecule has 1 N–H and O–H groups in total. The quantitative estimate of drug-likeness (QED) is 0.814. The SMILES string of the molecule is C[C@@H](c1ccc(-c2ccc(OC(C)(C)C(=O)O)cc2)cc1)N1CCCC1. The summed E-state index contributed by atoms with van der Waals surface area (Å²) in [5, 5.41) is 9.16. The molecule has 0 saturated carbocycles.